The van der Waals surface area contributed by atoms with Crippen LogP contribution in [0.15, 0.2) is 10.6 Å². The van der Waals surface area contributed by atoms with Crippen LogP contribution in [0.4, 0.5) is 0 Å². The van der Waals surface area contributed by atoms with Gasteiger partial charge < -0.3 is 9.09 Å². The highest BCUT2D eigenvalue weighted by Crippen LogP contribution is 2.14. The molecule has 0 atom stereocenters. The van der Waals surface area contributed by atoms with Gasteiger partial charge in [0.25, 0.3) is 0 Å². The molecule has 0 saturated heterocycles. The van der Waals surface area contributed by atoms with Crippen LogP contribution in [-0.2, 0) is 6.54 Å². The molecule has 0 amide bonds. The van der Waals surface area contributed by atoms with Gasteiger partial charge in [-0.1, -0.05) is 5.16 Å². The molecule has 2 rings (SSSR count). The van der Waals surface area contributed by atoms with E-state index >= 15 is 0 Å². The van der Waals surface area contributed by atoms with Gasteiger partial charge in [0.1, 0.15) is 0 Å². The number of nitrogens with zero attached hydrogens (tertiary/aromatic N) is 3. The zero-order chi connectivity index (χ0) is 11.7. The van der Waals surface area contributed by atoms with Gasteiger partial charge in [0, 0.05) is 23.9 Å². The summed E-state index contributed by atoms with van der Waals surface area (Å²) in [6.07, 6.45) is 0.861. The number of carbonyl (C=O) groups is 1. The lowest BCUT2D eigenvalue weighted by molar-refractivity contribution is 0.112. The average molecular weight is 219 g/mol. The van der Waals surface area contributed by atoms with Crippen LogP contribution in [0.3, 0.4) is 0 Å². The molecule has 0 fully saturated rings. The second-order valence-corrected chi connectivity index (χ2v) is 3.76. The lowest BCUT2D eigenvalue weighted by Crippen LogP contribution is -2.05. The summed E-state index contributed by atoms with van der Waals surface area (Å²) in [5.74, 6) is 1.17. The number of hydrogen-bond donors (Lipinski definition) is 0. The lowest BCUT2D eigenvalue weighted by Gasteiger charge is -2.05. The minimum Gasteiger partial charge on any atom is -0.341 e. The van der Waals surface area contributed by atoms with E-state index in [2.05, 4.69) is 10.1 Å². The first-order valence-electron chi connectivity index (χ1n) is 5.03. The van der Waals surface area contributed by atoms with Gasteiger partial charge >= 0.3 is 0 Å². The van der Waals surface area contributed by atoms with E-state index in [1.807, 2.05) is 24.5 Å². The van der Waals surface area contributed by atoms with E-state index in [4.69, 9.17) is 4.52 Å². The van der Waals surface area contributed by atoms with Crippen molar-refractivity contribution in [3.05, 3.63) is 34.7 Å². The van der Waals surface area contributed by atoms with Gasteiger partial charge in [-0.05, 0) is 19.9 Å². The van der Waals surface area contributed by atoms with E-state index in [0.717, 1.165) is 17.7 Å². The molecule has 2 aromatic heterocycles. The Morgan fingerprint density at radius 1 is 1.44 bits per heavy atom. The summed E-state index contributed by atoms with van der Waals surface area (Å²) in [7, 11) is 0. The number of rotatable bonds is 3. The van der Waals surface area contributed by atoms with Crippen molar-refractivity contribution < 1.29 is 9.32 Å². The maximum absolute atomic E-state index is 10.8. The van der Waals surface area contributed by atoms with Gasteiger partial charge in [0.2, 0.25) is 5.89 Å². The van der Waals surface area contributed by atoms with Crippen LogP contribution in [-0.4, -0.2) is 21.0 Å². The summed E-state index contributed by atoms with van der Waals surface area (Å²) in [5, 5.41) is 3.83. The van der Waals surface area contributed by atoms with E-state index in [1.54, 1.807) is 6.92 Å². The van der Waals surface area contributed by atoms with Crippen LogP contribution in [0, 0.1) is 20.8 Å². The van der Waals surface area contributed by atoms with Crippen molar-refractivity contribution in [2.24, 2.45) is 0 Å². The maximum atomic E-state index is 10.8. The molecule has 5 nitrogen and oxygen atoms in total. The fourth-order valence-electron chi connectivity index (χ4n) is 1.74. The second kappa shape index (κ2) is 3.92. The molecule has 2 aromatic rings. The Kier molecular flexibility index (Phi) is 2.60. The van der Waals surface area contributed by atoms with Gasteiger partial charge in [-0.2, -0.15) is 4.98 Å². The van der Waals surface area contributed by atoms with E-state index in [1.165, 1.54) is 0 Å². The molecule has 5 heteroatoms. The van der Waals surface area contributed by atoms with E-state index < -0.39 is 0 Å². The number of hydrogen-bond acceptors (Lipinski definition) is 4. The van der Waals surface area contributed by atoms with Gasteiger partial charge in [-0.3, -0.25) is 4.79 Å². The summed E-state index contributed by atoms with van der Waals surface area (Å²) in [6.45, 7) is 6.14. The Balaban J connectivity index is 2.34. The third-order valence-electron chi connectivity index (χ3n) is 2.61. The number of carbonyl (C=O) groups excluding carboxylic acids is 1. The quantitative estimate of drug-likeness (QED) is 0.736. The van der Waals surface area contributed by atoms with Crippen LogP contribution in [0.2, 0.25) is 0 Å². The van der Waals surface area contributed by atoms with Crippen molar-refractivity contribution in [2.75, 3.05) is 0 Å². The molecular formula is C11H13N3O2. The first-order chi connectivity index (χ1) is 7.61. The maximum Gasteiger partial charge on any atom is 0.223 e. The normalized spacial score (nSPS) is 10.7. The standard InChI is InChI=1S/C11H13N3O2/c1-7-4-10(6-15)8(2)14(7)5-11-12-9(3)16-13-11/h4,6H,5H2,1-3H3. The fraction of sp³-hybridized carbons (Fsp3) is 0.364. The highest BCUT2D eigenvalue weighted by atomic mass is 16.5. The summed E-state index contributed by atoms with van der Waals surface area (Å²) in [5.41, 5.74) is 2.65. The minimum atomic E-state index is 0.531. The van der Waals surface area contributed by atoms with Crippen LogP contribution in [0.25, 0.3) is 0 Å². The highest BCUT2D eigenvalue weighted by molar-refractivity contribution is 5.77. The van der Waals surface area contributed by atoms with Crippen molar-refractivity contribution in [3.8, 4) is 0 Å². The molecule has 0 radical (unpaired) electrons. The van der Waals surface area contributed by atoms with Gasteiger partial charge in [0.15, 0.2) is 12.1 Å². The van der Waals surface area contributed by atoms with Crippen LogP contribution < -0.4 is 0 Å². The smallest absolute Gasteiger partial charge is 0.223 e. The third kappa shape index (κ3) is 1.76. The molecule has 0 N–H and O–H groups in total. The van der Waals surface area contributed by atoms with Crippen LogP contribution >= 0.6 is 0 Å². The van der Waals surface area contributed by atoms with Gasteiger partial charge in [-0.15, -0.1) is 0 Å². The number of aldehydes is 1. The van der Waals surface area contributed by atoms with Crippen LogP contribution in [0.1, 0.15) is 33.5 Å². The van der Waals surface area contributed by atoms with E-state index in [-0.39, 0.29) is 0 Å². The second-order valence-electron chi connectivity index (χ2n) is 3.76. The molecule has 0 saturated carbocycles. The predicted octanol–water partition coefficient (Wildman–Crippen LogP) is 1.66. The van der Waals surface area contributed by atoms with Crippen molar-refractivity contribution >= 4 is 6.29 Å². The Labute approximate surface area is 93.1 Å². The van der Waals surface area contributed by atoms with Gasteiger partial charge in [-0.25, -0.2) is 0 Å². The molecule has 0 unspecified atom stereocenters. The molecule has 84 valence electrons. The number of aromatic nitrogens is 3. The Hall–Kier alpha value is -1.91. The van der Waals surface area contributed by atoms with E-state index in [9.17, 15) is 4.79 Å². The minimum absolute atomic E-state index is 0.531. The first kappa shape index (κ1) is 10.6. The summed E-state index contributed by atoms with van der Waals surface area (Å²) < 4.78 is 6.90. The molecule has 0 aromatic carbocycles. The molecule has 0 aliphatic heterocycles. The van der Waals surface area contributed by atoms with Crippen molar-refractivity contribution in [2.45, 2.75) is 27.3 Å². The molecule has 0 bridgehead atoms. The van der Waals surface area contributed by atoms with Crippen molar-refractivity contribution in [1.82, 2.24) is 14.7 Å². The first-order valence-corrected chi connectivity index (χ1v) is 5.03. The summed E-state index contributed by atoms with van der Waals surface area (Å²) in [4.78, 5) is 14.9. The highest BCUT2D eigenvalue weighted by Gasteiger charge is 2.11. The molecule has 0 aliphatic rings. The predicted molar refractivity (Wildman–Crippen MR) is 57.4 cm³/mol. The molecule has 0 spiro atoms. The van der Waals surface area contributed by atoms with Crippen molar-refractivity contribution in [3.63, 3.8) is 0 Å². The average Bonchev–Trinajstić information content (AvgIpc) is 2.77. The molecule has 16 heavy (non-hydrogen) atoms. The summed E-state index contributed by atoms with van der Waals surface area (Å²) in [6, 6.07) is 1.86. The molecule has 2 heterocycles. The van der Waals surface area contributed by atoms with E-state index in [0.29, 0.717) is 23.8 Å². The zero-order valence-corrected chi connectivity index (χ0v) is 9.52. The third-order valence-corrected chi connectivity index (χ3v) is 2.61. The van der Waals surface area contributed by atoms with Gasteiger partial charge in [0.05, 0.1) is 6.54 Å². The fourth-order valence-corrected chi connectivity index (χ4v) is 1.74. The largest absolute Gasteiger partial charge is 0.341 e. The zero-order valence-electron chi connectivity index (χ0n) is 9.52. The topological polar surface area (TPSA) is 60.9 Å². The van der Waals surface area contributed by atoms with Crippen LogP contribution in [0.5, 0.6) is 0 Å². The summed E-state index contributed by atoms with van der Waals surface area (Å²) >= 11 is 0. The Morgan fingerprint density at radius 2 is 2.19 bits per heavy atom. The Morgan fingerprint density at radius 3 is 2.69 bits per heavy atom. The Bertz CT molecular complexity index is 525. The SMILES string of the molecule is Cc1nc(Cn2c(C)cc(C=O)c2C)no1. The molecule has 0 aliphatic carbocycles. The molecular weight excluding hydrogens is 206 g/mol. The van der Waals surface area contributed by atoms with Crippen molar-refractivity contribution in [1.29, 1.82) is 0 Å². The number of aryl methyl sites for hydroxylation is 2. The monoisotopic (exact) mass is 219 g/mol. The lowest BCUT2D eigenvalue weighted by atomic mass is 10.3.